The number of hydrogen-bond acceptors (Lipinski definition) is 6. The molecule has 2 aromatic heterocycles. The number of aromatic nitrogens is 3. The lowest BCUT2D eigenvalue weighted by Crippen LogP contribution is -2.43. The number of nitrogens with zero attached hydrogens (tertiary/aromatic N) is 5. The normalized spacial score (nSPS) is 18.3. The third-order valence-electron chi connectivity index (χ3n) is 5.98. The highest BCUT2D eigenvalue weighted by atomic mass is 19.1. The lowest BCUT2D eigenvalue weighted by Gasteiger charge is -2.29. The minimum atomic E-state index is -0.823. The molecular weight excluding hydrogens is 421 g/mol. The van der Waals surface area contributed by atoms with E-state index >= 15 is 0 Å². The zero-order valence-corrected chi connectivity index (χ0v) is 19.5. The molecule has 3 heterocycles. The predicted octanol–water partition coefficient (Wildman–Crippen LogP) is 3.19. The third kappa shape index (κ3) is 6.09. The Hall–Kier alpha value is -2.97. The summed E-state index contributed by atoms with van der Waals surface area (Å²) in [7, 11) is 2.01. The number of β-amino-alcohol motifs (C(OH)–C–C–N with tert-alkyl or cyclic N) is 1. The fraction of sp³-hybridized carbons (Fsp3) is 0.440. The molecule has 3 aromatic rings. The van der Waals surface area contributed by atoms with Crippen molar-refractivity contribution in [3.05, 3.63) is 71.4 Å². The summed E-state index contributed by atoms with van der Waals surface area (Å²) in [5.74, 6) is 1.18. The maximum atomic E-state index is 13.1. The standard InChI is InChI=1S/C25H32FN5O2/c1-19-14-20(2)31(28-19)12-13-33-23-7-4-21(5-8-23)16-29(3)17-25(32)10-11-30(18-25)24-9-6-22(26)15-27-24/h4-9,14-15,32H,10-13,16-18H2,1-3H3. The van der Waals surface area contributed by atoms with Gasteiger partial charge in [0.15, 0.2) is 0 Å². The van der Waals surface area contributed by atoms with Crippen LogP contribution in [-0.4, -0.2) is 63.7 Å². The summed E-state index contributed by atoms with van der Waals surface area (Å²) in [6.07, 6.45) is 1.87. The summed E-state index contributed by atoms with van der Waals surface area (Å²) in [6, 6.07) is 13.2. The molecule has 4 rings (SSSR count). The van der Waals surface area contributed by atoms with Gasteiger partial charge in [-0.05, 0) is 63.2 Å². The van der Waals surface area contributed by atoms with E-state index in [2.05, 4.69) is 33.2 Å². The van der Waals surface area contributed by atoms with E-state index in [1.54, 1.807) is 6.07 Å². The van der Waals surface area contributed by atoms with E-state index in [9.17, 15) is 9.50 Å². The van der Waals surface area contributed by atoms with Crippen molar-refractivity contribution in [2.24, 2.45) is 0 Å². The number of halogens is 1. The van der Waals surface area contributed by atoms with E-state index in [0.717, 1.165) is 29.2 Å². The Bertz CT molecular complexity index is 1050. The van der Waals surface area contributed by atoms with E-state index in [1.165, 1.54) is 12.3 Å². The molecule has 0 aliphatic carbocycles. The molecule has 1 N–H and O–H groups in total. The maximum Gasteiger partial charge on any atom is 0.141 e. The number of rotatable bonds is 9. The van der Waals surface area contributed by atoms with Crippen LogP contribution in [0.3, 0.4) is 0 Å². The molecule has 0 saturated carbocycles. The predicted molar refractivity (Wildman–Crippen MR) is 126 cm³/mol. The minimum Gasteiger partial charge on any atom is -0.492 e. The molecule has 8 heteroatoms. The van der Waals surface area contributed by atoms with Crippen LogP contribution in [0.5, 0.6) is 5.75 Å². The molecule has 7 nitrogen and oxygen atoms in total. The maximum absolute atomic E-state index is 13.1. The number of ether oxygens (including phenoxy) is 1. The summed E-state index contributed by atoms with van der Waals surface area (Å²) in [5.41, 5.74) is 2.48. The van der Waals surface area contributed by atoms with Gasteiger partial charge in [-0.2, -0.15) is 5.10 Å². The molecule has 1 unspecified atom stereocenters. The first kappa shape index (κ1) is 23.2. The first-order chi connectivity index (χ1) is 15.8. The van der Waals surface area contributed by atoms with E-state index in [4.69, 9.17) is 4.74 Å². The van der Waals surface area contributed by atoms with E-state index in [0.29, 0.717) is 45.0 Å². The van der Waals surface area contributed by atoms with Crippen LogP contribution in [0, 0.1) is 19.7 Å². The molecule has 33 heavy (non-hydrogen) atoms. The Kier molecular flexibility index (Phi) is 6.95. The molecule has 176 valence electrons. The van der Waals surface area contributed by atoms with Crippen LogP contribution in [0.1, 0.15) is 23.4 Å². The zero-order chi connectivity index (χ0) is 23.4. The number of anilines is 1. The van der Waals surface area contributed by atoms with Gasteiger partial charge in [0.05, 0.1) is 24.0 Å². The number of benzene rings is 1. The monoisotopic (exact) mass is 453 g/mol. The first-order valence-corrected chi connectivity index (χ1v) is 11.3. The first-order valence-electron chi connectivity index (χ1n) is 11.3. The van der Waals surface area contributed by atoms with E-state index in [1.807, 2.05) is 42.6 Å². The van der Waals surface area contributed by atoms with Gasteiger partial charge < -0.3 is 14.7 Å². The van der Waals surface area contributed by atoms with Crippen molar-refractivity contribution in [1.82, 2.24) is 19.7 Å². The summed E-state index contributed by atoms with van der Waals surface area (Å²) in [5, 5.41) is 15.5. The molecule has 0 radical (unpaired) electrons. The lowest BCUT2D eigenvalue weighted by atomic mass is 10.0. The number of aryl methyl sites for hydroxylation is 2. The van der Waals surface area contributed by atoms with Crippen LogP contribution in [0.15, 0.2) is 48.7 Å². The van der Waals surface area contributed by atoms with Gasteiger partial charge in [-0.1, -0.05) is 12.1 Å². The molecule has 1 aromatic carbocycles. The van der Waals surface area contributed by atoms with Gasteiger partial charge in [0.25, 0.3) is 0 Å². The van der Waals surface area contributed by atoms with Crippen molar-refractivity contribution in [2.75, 3.05) is 38.2 Å². The largest absolute Gasteiger partial charge is 0.492 e. The van der Waals surface area contributed by atoms with Crippen molar-refractivity contribution < 1.29 is 14.2 Å². The van der Waals surface area contributed by atoms with Gasteiger partial charge in [0.1, 0.15) is 24.0 Å². The molecule has 0 bridgehead atoms. The lowest BCUT2D eigenvalue weighted by molar-refractivity contribution is 0.0279. The van der Waals surface area contributed by atoms with Gasteiger partial charge >= 0.3 is 0 Å². The molecular formula is C25H32FN5O2. The van der Waals surface area contributed by atoms with Gasteiger partial charge in [-0.3, -0.25) is 9.58 Å². The second kappa shape index (κ2) is 9.89. The molecule has 0 amide bonds. The van der Waals surface area contributed by atoms with Gasteiger partial charge in [0, 0.05) is 31.9 Å². The summed E-state index contributed by atoms with van der Waals surface area (Å²) in [4.78, 5) is 8.26. The molecule has 1 fully saturated rings. The summed E-state index contributed by atoms with van der Waals surface area (Å²) in [6.45, 7) is 7.77. The Balaban J connectivity index is 1.24. The fourth-order valence-corrected chi connectivity index (χ4v) is 4.45. The van der Waals surface area contributed by atoms with Crippen LogP contribution in [-0.2, 0) is 13.1 Å². The van der Waals surface area contributed by atoms with Gasteiger partial charge in [0.2, 0.25) is 0 Å². The Morgan fingerprint density at radius 2 is 1.97 bits per heavy atom. The Morgan fingerprint density at radius 3 is 2.64 bits per heavy atom. The summed E-state index contributed by atoms with van der Waals surface area (Å²) >= 11 is 0. The molecule has 1 aliphatic heterocycles. The van der Waals surface area contributed by atoms with Gasteiger partial charge in [-0.25, -0.2) is 9.37 Å². The number of pyridine rings is 1. The van der Waals surface area contributed by atoms with Crippen LogP contribution in [0.2, 0.25) is 0 Å². The Labute approximate surface area is 194 Å². The number of aliphatic hydroxyl groups is 1. The van der Waals surface area contributed by atoms with Crippen LogP contribution in [0.25, 0.3) is 0 Å². The quantitative estimate of drug-likeness (QED) is 0.537. The van der Waals surface area contributed by atoms with Gasteiger partial charge in [-0.15, -0.1) is 0 Å². The van der Waals surface area contributed by atoms with Crippen molar-refractivity contribution in [3.8, 4) is 5.75 Å². The second-order valence-electron chi connectivity index (χ2n) is 9.05. The Morgan fingerprint density at radius 1 is 1.18 bits per heavy atom. The second-order valence-corrected chi connectivity index (χ2v) is 9.05. The highest BCUT2D eigenvalue weighted by Gasteiger charge is 2.37. The smallest absolute Gasteiger partial charge is 0.141 e. The number of likely N-dealkylation sites (N-methyl/N-ethyl adjacent to an activating group) is 1. The zero-order valence-electron chi connectivity index (χ0n) is 19.5. The van der Waals surface area contributed by atoms with Crippen molar-refractivity contribution >= 4 is 5.82 Å². The molecule has 1 aliphatic rings. The van der Waals surface area contributed by atoms with Crippen LogP contribution in [0.4, 0.5) is 10.2 Å². The van der Waals surface area contributed by atoms with E-state index < -0.39 is 5.60 Å². The average molecular weight is 454 g/mol. The SMILES string of the molecule is Cc1cc(C)n(CCOc2ccc(CN(C)CC3(O)CCN(c4ccc(F)cn4)C3)cc2)n1. The number of hydrogen-bond donors (Lipinski definition) is 1. The van der Waals surface area contributed by atoms with E-state index in [-0.39, 0.29) is 5.82 Å². The molecule has 0 spiro atoms. The molecule has 1 atom stereocenters. The van der Waals surface area contributed by atoms with Crippen molar-refractivity contribution in [1.29, 1.82) is 0 Å². The topological polar surface area (TPSA) is 66.7 Å². The average Bonchev–Trinajstić information content (AvgIpc) is 3.31. The fourth-order valence-electron chi connectivity index (χ4n) is 4.45. The highest BCUT2D eigenvalue weighted by Crippen LogP contribution is 2.26. The summed E-state index contributed by atoms with van der Waals surface area (Å²) < 4.78 is 21.0. The van der Waals surface area contributed by atoms with Crippen molar-refractivity contribution in [2.45, 2.75) is 39.0 Å². The van der Waals surface area contributed by atoms with Crippen molar-refractivity contribution in [3.63, 3.8) is 0 Å². The van der Waals surface area contributed by atoms with Crippen LogP contribution < -0.4 is 9.64 Å². The third-order valence-corrected chi connectivity index (χ3v) is 5.98. The minimum absolute atomic E-state index is 0.354. The highest BCUT2D eigenvalue weighted by molar-refractivity contribution is 5.40. The molecule has 1 saturated heterocycles. The van der Waals surface area contributed by atoms with Crippen LogP contribution >= 0.6 is 0 Å².